The number of aromatic nitrogens is 2. The van der Waals surface area contributed by atoms with Crippen molar-refractivity contribution in [2.75, 3.05) is 31.1 Å². The first-order valence-electron chi connectivity index (χ1n) is 8.49. The van der Waals surface area contributed by atoms with Gasteiger partial charge in [-0.1, -0.05) is 29.3 Å². The summed E-state index contributed by atoms with van der Waals surface area (Å²) in [6, 6.07) is 12.9. The van der Waals surface area contributed by atoms with Crippen LogP contribution in [0.4, 0.5) is 5.82 Å². The molecule has 0 aliphatic carbocycles. The molecule has 1 saturated heterocycles. The lowest BCUT2D eigenvalue weighted by Gasteiger charge is -2.35. The van der Waals surface area contributed by atoms with Gasteiger partial charge in [-0.25, -0.2) is 0 Å². The number of benzene rings is 1. The molecule has 0 spiro atoms. The third kappa shape index (κ3) is 3.93. The minimum absolute atomic E-state index is 0.0737. The Labute approximate surface area is 171 Å². The standard InChI is InChI=1S/C19H16Cl2N4OS/c20-13-3-4-14(15(21)12-13)19(26)25-9-7-24(8-10-25)18-6-5-16(22-23-18)17-2-1-11-27-17/h1-6,11-12H,7-10H2. The van der Waals surface area contributed by atoms with Gasteiger partial charge in [0, 0.05) is 31.2 Å². The summed E-state index contributed by atoms with van der Waals surface area (Å²) < 4.78 is 0. The first kappa shape index (κ1) is 18.2. The molecule has 5 nitrogen and oxygen atoms in total. The van der Waals surface area contributed by atoms with Gasteiger partial charge >= 0.3 is 0 Å². The van der Waals surface area contributed by atoms with Gasteiger partial charge in [-0.05, 0) is 41.8 Å². The molecule has 0 unspecified atom stereocenters. The molecule has 8 heteroatoms. The van der Waals surface area contributed by atoms with Crippen LogP contribution < -0.4 is 4.90 Å². The van der Waals surface area contributed by atoms with E-state index in [1.54, 1.807) is 34.4 Å². The number of rotatable bonds is 3. The Morgan fingerprint density at radius 1 is 1.00 bits per heavy atom. The molecule has 3 aromatic rings. The molecule has 0 saturated carbocycles. The van der Waals surface area contributed by atoms with Gasteiger partial charge in [-0.2, -0.15) is 0 Å². The van der Waals surface area contributed by atoms with Crippen LogP contribution in [0.5, 0.6) is 0 Å². The SMILES string of the molecule is O=C(c1ccc(Cl)cc1Cl)N1CCN(c2ccc(-c3cccs3)nn2)CC1. The quantitative estimate of drug-likeness (QED) is 0.629. The number of anilines is 1. The van der Waals surface area contributed by atoms with Crippen LogP contribution >= 0.6 is 34.5 Å². The van der Waals surface area contributed by atoms with Crippen molar-refractivity contribution in [1.82, 2.24) is 15.1 Å². The second-order valence-electron chi connectivity index (χ2n) is 6.16. The van der Waals surface area contributed by atoms with Gasteiger partial charge in [-0.3, -0.25) is 4.79 Å². The summed E-state index contributed by atoms with van der Waals surface area (Å²) in [5.74, 6) is 0.752. The highest BCUT2D eigenvalue weighted by Crippen LogP contribution is 2.25. The van der Waals surface area contributed by atoms with E-state index in [2.05, 4.69) is 15.1 Å². The molecule has 1 aliphatic rings. The summed E-state index contributed by atoms with van der Waals surface area (Å²) in [5, 5.41) is 11.6. The van der Waals surface area contributed by atoms with Crippen LogP contribution in [0.2, 0.25) is 10.0 Å². The molecule has 0 radical (unpaired) electrons. The lowest BCUT2D eigenvalue weighted by atomic mass is 10.1. The van der Waals surface area contributed by atoms with Crippen LogP contribution in [-0.4, -0.2) is 47.2 Å². The van der Waals surface area contributed by atoms with Crippen molar-refractivity contribution in [2.24, 2.45) is 0 Å². The third-order valence-corrected chi connectivity index (χ3v) is 5.92. The van der Waals surface area contributed by atoms with Crippen LogP contribution in [0.1, 0.15) is 10.4 Å². The van der Waals surface area contributed by atoms with Crippen LogP contribution in [0.15, 0.2) is 47.8 Å². The first-order chi connectivity index (χ1) is 13.1. The third-order valence-electron chi connectivity index (χ3n) is 4.48. The second-order valence-corrected chi connectivity index (χ2v) is 7.95. The Morgan fingerprint density at radius 2 is 1.81 bits per heavy atom. The highest BCUT2D eigenvalue weighted by atomic mass is 35.5. The molecular weight excluding hydrogens is 403 g/mol. The average Bonchev–Trinajstić information content (AvgIpc) is 3.23. The van der Waals surface area contributed by atoms with Gasteiger partial charge in [0.1, 0.15) is 5.69 Å². The smallest absolute Gasteiger partial charge is 0.255 e. The Bertz CT molecular complexity index is 939. The predicted molar refractivity (Wildman–Crippen MR) is 110 cm³/mol. The van der Waals surface area contributed by atoms with E-state index in [-0.39, 0.29) is 5.91 Å². The van der Waals surface area contributed by atoms with Crippen molar-refractivity contribution >= 4 is 46.3 Å². The zero-order valence-electron chi connectivity index (χ0n) is 14.3. The van der Waals surface area contributed by atoms with E-state index in [9.17, 15) is 4.79 Å². The Kier molecular flexibility index (Phi) is 5.29. The largest absolute Gasteiger partial charge is 0.352 e. The molecular formula is C19H16Cl2N4OS. The Hall–Kier alpha value is -2.15. The van der Waals surface area contributed by atoms with E-state index in [1.165, 1.54) is 0 Å². The van der Waals surface area contributed by atoms with Gasteiger partial charge in [0.2, 0.25) is 0 Å². The number of halogens is 2. The molecule has 1 aromatic carbocycles. The molecule has 4 rings (SSSR count). The highest BCUT2D eigenvalue weighted by Gasteiger charge is 2.24. The number of carbonyl (C=O) groups excluding carboxylic acids is 1. The van der Waals surface area contributed by atoms with E-state index < -0.39 is 0 Å². The van der Waals surface area contributed by atoms with Gasteiger partial charge in [-0.15, -0.1) is 21.5 Å². The van der Waals surface area contributed by atoms with E-state index in [0.29, 0.717) is 41.8 Å². The molecule has 2 aromatic heterocycles. The lowest BCUT2D eigenvalue weighted by molar-refractivity contribution is 0.0746. The van der Waals surface area contributed by atoms with Gasteiger partial charge in [0.05, 0.1) is 15.5 Å². The second kappa shape index (κ2) is 7.84. The Balaban J connectivity index is 1.40. The van der Waals surface area contributed by atoms with E-state index in [1.807, 2.05) is 29.6 Å². The van der Waals surface area contributed by atoms with Crippen molar-refractivity contribution in [3.8, 4) is 10.6 Å². The summed E-state index contributed by atoms with van der Waals surface area (Å²) in [5.41, 5.74) is 1.36. The number of thiophene rings is 1. The zero-order valence-corrected chi connectivity index (χ0v) is 16.6. The topological polar surface area (TPSA) is 49.3 Å². The van der Waals surface area contributed by atoms with Crippen molar-refractivity contribution < 1.29 is 4.79 Å². The minimum Gasteiger partial charge on any atom is -0.352 e. The fourth-order valence-electron chi connectivity index (χ4n) is 3.02. The molecule has 27 heavy (non-hydrogen) atoms. The van der Waals surface area contributed by atoms with Gasteiger partial charge in [0.15, 0.2) is 5.82 Å². The van der Waals surface area contributed by atoms with Crippen LogP contribution in [0, 0.1) is 0 Å². The maximum absolute atomic E-state index is 12.7. The van der Waals surface area contributed by atoms with E-state index in [0.717, 1.165) is 16.4 Å². The fraction of sp³-hybridized carbons (Fsp3) is 0.211. The summed E-state index contributed by atoms with van der Waals surface area (Å²) in [6.07, 6.45) is 0. The molecule has 0 N–H and O–H groups in total. The summed E-state index contributed by atoms with van der Waals surface area (Å²) in [4.78, 5) is 17.7. The van der Waals surface area contributed by atoms with Gasteiger partial charge < -0.3 is 9.80 Å². The summed E-state index contributed by atoms with van der Waals surface area (Å²) in [6.45, 7) is 2.60. The van der Waals surface area contributed by atoms with E-state index in [4.69, 9.17) is 23.2 Å². The number of nitrogens with zero attached hydrogens (tertiary/aromatic N) is 4. The van der Waals surface area contributed by atoms with Gasteiger partial charge in [0.25, 0.3) is 5.91 Å². The summed E-state index contributed by atoms with van der Waals surface area (Å²) >= 11 is 13.7. The maximum atomic E-state index is 12.7. The van der Waals surface area contributed by atoms with Crippen LogP contribution in [0.3, 0.4) is 0 Å². The van der Waals surface area contributed by atoms with Crippen molar-refractivity contribution in [3.05, 3.63) is 63.5 Å². The average molecular weight is 419 g/mol. The highest BCUT2D eigenvalue weighted by molar-refractivity contribution is 7.13. The predicted octanol–water partition coefficient (Wildman–Crippen LogP) is 4.47. The zero-order chi connectivity index (χ0) is 18.8. The monoisotopic (exact) mass is 418 g/mol. The van der Waals surface area contributed by atoms with Crippen LogP contribution in [-0.2, 0) is 0 Å². The molecule has 1 amide bonds. The molecule has 0 bridgehead atoms. The Morgan fingerprint density at radius 3 is 2.44 bits per heavy atom. The number of amides is 1. The first-order valence-corrected chi connectivity index (χ1v) is 10.1. The van der Waals surface area contributed by atoms with Crippen molar-refractivity contribution in [2.45, 2.75) is 0 Å². The van der Waals surface area contributed by atoms with Crippen molar-refractivity contribution in [1.29, 1.82) is 0 Å². The molecule has 1 aliphatic heterocycles. The molecule has 1 fully saturated rings. The van der Waals surface area contributed by atoms with Crippen LogP contribution in [0.25, 0.3) is 10.6 Å². The molecule has 3 heterocycles. The minimum atomic E-state index is -0.0737. The maximum Gasteiger partial charge on any atom is 0.255 e. The fourth-order valence-corrected chi connectivity index (χ4v) is 4.20. The summed E-state index contributed by atoms with van der Waals surface area (Å²) in [7, 11) is 0. The number of hydrogen-bond donors (Lipinski definition) is 0. The number of piperazine rings is 1. The van der Waals surface area contributed by atoms with E-state index >= 15 is 0 Å². The molecule has 0 atom stereocenters. The number of carbonyl (C=O) groups is 1. The molecule has 138 valence electrons. The number of hydrogen-bond acceptors (Lipinski definition) is 5. The van der Waals surface area contributed by atoms with Crippen molar-refractivity contribution in [3.63, 3.8) is 0 Å². The lowest BCUT2D eigenvalue weighted by Crippen LogP contribution is -2.49. The normalized spacial score (nSPS) is 14.4.